The van der Waals surface area contributed by atoms with Crippen LogP contribution in [0.5, 0.6) is 11.5 Å². The number of piperidine rings is 1. The van der Waals surface area contributed by atoms with Gasteiger partial charge in [0.1, 0.15) is 17.3 Å². The summed E-state index contributed by atoms with van der Waals surface area (Å²) in [4.78, 5) is 13.8. The van der Waals surface area contributed by atoms with E-state index in [-0.39, 0.29) is 39.6 Å². The first-order chi connectivity index (χ1) is 17.4. The van der Waals surface area contributed by atoms with E-state index >= 15 is 0 Å². The minimum Gasteiger partial charge on any atom is -0.507 e. The van der Waals surface area contributed by atoms with E-state index in [1.165, 1.54) is 42.1 Å². The second kappa shape index (κ2) is 10.3. The monoisotopic (exact) mass is 533 g/mol. The van der Waals surface area contributed by atoms with Gasteiger partial charge in [0.05, 0.1) is 11.3 Å². The van der Waals surface area contributed by atoms with Crippen LogP contribution in [0.3, 0.4) is 0 Å². The Kier molecular flexibility index (Phi) is 7.84. The molecule has 1 fully saturated rings. The summed E-state index contributed by atoms with van der Waals surface area (Å²) in [6, 6.07) is 4.96. The van der Waals surface area contributed by atoms with E-state index in [1.54, 1.807) is 11.9 Å². The number of alkyl halides is 3. The largest absolute Gasteiger partial charge is 0.573 e. The minimum absolute atomic E-state index is 0.0305. The summed E-state index contributed by atoms with van der Waals surface area (Å²) in [7, 11) is 3.30. The molecule has 0 radical (unpaired) electrons. The molecule has 4 N–H and O–H groups in total. The second-order valence-electron chi connectivity index (χ2n) is 11.0. The summed E-state index contributed by atoms with van der Waals surface area (Å²) in [6.07, 6.45) is 0.384. The molecule has 1 aliphatic rings. The zero-order valence-electron chi connectivity index (χ0n) is 22.3. The lowest BCUT2D eigenvalue weighted by Gasteiger charge is -2.49. The van der Waals surface area contributed by atoms with Gasteiger partial charge < -0.3 is 24.6 Å². The molecule has 0 spiro atoms. The van der Waals surface area contributed by atoms with Crippen molar-refractivity contribution in [3.05, 3.63) is 58.5 Å². The zero-order chi connectivity index (χ0) is 28.6. The molecule has 1 aromatic heterocycles. The van der Waals surface area contributed by atoms with E-state index < -0.39 is 29.1 Å². The number of ether oxygens (including phenoxy) is 1. The average molecular weight is 534 g/mol. The van der Waals surface area contributed by atoms with Crippen LogP contribution in [0.4, 0.5) is 13.2 Å². The molecule has 3 rings (SSSR count). The predicted molar refractivity (Wildman–Crippen MR) is 141 cm³/mol. The quantitative estimate of drug-likeness (QED) is 0.315. The highest BCUT2D eigenvalue weighted by atomic mass is 19.4. The first-order valence-electron chi connectivity index (χ1n) is 12.0. The van der Waals surface area contributed by atoms with Crippen molar-refractivity contribution in [2.24, 2.45) is 7.05 Å². The zero-order valence-corrected chi connectivity index (χ0v) is 22.3. The van der Waals surface area contributed by atoms with Crippen LogP contribution >= 0.6 is 0 Å². The number of benzene rings is 1. The fourth-order valence-electron chi connectivity index (χ4n) is 5.07. The Morgan fingerprint density at radius 1 is 1.13 bits per heavy atom. The summed E-state index contributed by atoms with van der Waals surface area (Å²) in [5.41, 5.74) is -1.26. The maximum absolute atomic E-state index is 13.2. The third-order valence-electron chi connectivity index (χ3n) is 6.52. The maximum Gasteiger partial charge on any atom is 0.573 e. The van der Waals surface area contributed by atoms with Crippen LogP contribution in [-0.2, 0) is 7.05 Å². The molecule has 2 aromatic rings. The van der Waals surface area contributed by atoms with E-state index in [0.29, 0.717) is 0 Å². The van der Waals surface area contributed by atoms with Crippen LogP contribution in [0.15, 0.2) is 47.4 Å². The fourth-order valence-corrected chi connectivity index (χ4v) is 5.07. The van der Waals surface area contributed by atoms with Crippen LogP contribution in [-0.4, -0.2) is 56.7 Å². The number of amidine groups is 1. The predicted octanol–water partition coefficient (Wildman–Crippen LogP) is 4.80. The van der Waals surface area contributed by atoms with Crippen molar-refractivity contribution in [1.82, 2.24) is 14.8 Å². The molecule has 0 atom stereocenters. The molecule has 1 saturated heterocycles. The van der Waals surface area contributed by atoms with Crippen LogP contribution in [0.25, 0.3) is 11.1 Å². The Hall–Kier alpha value is -3.60. The lowest BCUT2D eigenvalue weighted by Crippen LogP contribution is -2.62. The number of phenolic OH excluding ortho intramolecular Hbond substituents is 1. The summed E-state index contributed by atoms with van der Waals surface area (Å²) >= 11 is 0. The van der Waals surface area contributed by atoms with Crippen LogP contribution < -0.4 is 15.6 Å². The number of hydrogen-bond donors (Lipinski definition) is 4. The molecule has 0 aliphatic carbocycles. The molecule has 0 saturated carbocycles. The van der Waals surface area contributed by atoms with E-state index in [2.05, 4.69) is 37.7 Å². The molecule has 0 amide bonds. The number of hydrogen-bond acceptors (Lipinski definition) is 6. The second-order valence-corrected chi connectivity index (χ2v) is 11.0. The van der Waals surface area contributed by atoms with Gasteiger partial charge in [-0.15, -0.1) is 13.2 Å². The fraction of sp³-hybridized carbons (Fsp3) is 0.444. The van der Waals surface area contributed by atoms with Crippen molar-refractivity contribution in [3.63, 3.8) is 0 Å². The highest BCUT2D eigenvalue weighted by molar-refractivity contribution is 6.13. The van der Waals surface area contributed by atoms with Crippen molar-refractivity contribution >= 4 is 11.5 Å². The Morgan fingerprint density at radius 3 is 2.29 bits per heavy atom. The first kappa shape index (κ1) is 29.0. The molecule has 0 unspecified atom stereocenters. The number of aromatic hydroxyl groups is 1. The number of likely N-dealkylation sites (N-methyl/N-ethyl adjacent to an activating group) is 1. The first-order valence-corrected chi connectivity index (χ1v) is 12.0. The van der Waals surface area contributed by atoms with Gasteiger partial charge >= 0.3 is 6.36 Å². The normalized spacial score (nSPS) is 17.4. The smallest absolute Gasteiger partial charge is 0.507 e. The third-order valence-corrected chi connectivity index (χ3v) is 6.52. The molecule has 38 heavy (non-hydrogen) atoms. The van der Waals surface area contributed by atoms with Gasteiger partial charge in [-0.1, -0.05) is 0 Å². The van der Waals surface area contributed by atoms with Gasteiger partial charge in [-0.05, 0) is 82.0 Å². The van der Waals surface area contributed by atoms with Gasteiger partial charge in [0.2, 0.25) is 0 Å². The molecule has 1 aromatic carbocycles. The molecular weight excluding hydrogens is 499 g/mol. The van der Waals surface area contributed by atoms with E-state index in [9.17, 15) is 23.1 Å². The minimum atomic E-state index is -5.09. The molecule has 8 nitrogen and oxygen atoms in total. The van der Waals surface area contributed by atoms with Gasteiger partial charge in [-0.2, -0.15) is 0 Å². The molecule has 1 aliphatic heterocycles. The molecule has 11 heteroatoms. The maximum atomic E-state index is 13.2. The number of allylic oxidation sites excluding steroid dienone is 1. The van der Waals surface area contributed by atoms with Gasteiger partial charge in [-0.3, -0.25) is 15.6 Å². The summed E-state index contributed by atoms with van der Waals surface area (Å²) in [5.74, 6) is -1.34. The van der Waals surface area contributed by atoms with Crippen molar-refractivity contribution < 1.29 is 23.0 Å². The molecule has 206 valence electrons. The number of aromatic nitrogens is 1. The number of pyridine rings is 1. The average Bonchev–Trinajstić information content (AvgIpc) is 2.75. The summed E-state index contributed by atoms with van der Waals surface area (Å²) < 4.78 is 45.1. The summed E-state index contributed by atoms with van der Waals surface area (Å²) in [5, 5.41) is 31.1. The number of nitrogens with one attached hydrogen (secondary N) is 3. The molecule has 0 bridgehead atoms. The molecular formula is C27H34F3N5O3. The Labute approximate surface area is 219 Å². The van der Waals surface area contributed by atoms with Crippen molar-refractivity contribution in [2.45, 2.75) is 64.0 Å². The Bertz CT molecular complexity index is 1310. The van der Waals surface area contributed by atoms with Gasteiger partial charge in [-0.25, -0.2) is 0 Å². The van der Waals surface area contributed by atoms with Crippen LogP contribution in [0.1, 0.15) is 46.1 Å². The molecule has 2 heterocycles. The highest BCUT2D eigenvalue weighted by Gasteiger charge is 2.39. The van der Waals surface area contributed by atoms with Crippen molar-refractivity contribution in [1.29, 1.82) is 10.8 Å². The van der Waals surface area contributed by atoms with Crippen LogP contribution in [0, 0.1) is 10.8 Å². The number of phenols is 1. The Balaban J connectivity index is 1.91. The lowest BCUT2D eigenvalue weighted by molar-refractivity contribution is -0.274. The van der Waals surface area contributed by atoms with E-state index in [4.69, 9.17) is 10.8 Å². The number of halogens is 3. The number of nitrogens with zero attached hydrogens (tertiary/aromatic N) is 2. The third kappa shape index (κ3) is 7.03. The topological polar surface area (TPSA) is 114 Å². The van der Waals surface area contributed by atoms with E-state index in [0.717, 1.165) is 25.0 Å². The van der Waals surface area contributed by atoms with Gasteiger partial charge in [0.15, 0.2) is 0 Å². The summed E-state index contributed by atoms with van der Waals surface area (Å²) in [6.45, 7) is 8.36. The van der Waals surface area contributed by atoms with Crippen molar-refractivity contribution in [3.8, 4) is 22.6 Å². The van der Waals surface area contributed by atoms with Gasteiger partial charge in [0, 0.05) is 43.5 Å². The number of aryl methyl sites for hydroxylation is 1. The SMILES string of the molecule is CN(C(=N)/C=C\C(=N)c1c(O)cc(-c2ccn(C)c(=O)c2)cc1OC(F)(F)F)C1CC(C)(C)NC(C)(C)C1. The lowest BCUT2D eigenvalue weighted by atomic mass is 9.79. The van der Waals surface area contributed by atoms with E-state index in [1.807, 2.05) is 0 Å². The van der Waals surface area contributed by atoms with Crippen molar-refractivity contribution in [2.75, 3.05) is 7.05 Å². The number of rotatable bonds is 6. The Morgan fingerprint density at radius 2 is 1.74 bits per heavy atom. The standard InChI is InChI=1S/C27H34F3N5O3/c1-25(2)14-18(15-26(3,4)33-25)35(6)22(32)8-7-19(31)24-20(36)11-17(12-21(24)38-27(28,29)30)16-9-10-34(5)23(37)13-16/h7-13,18,31-33,36H,14-15H2,1-6H3/b8-7-,31-19?,32-22?. The highest BCUT2D eigenvalue weighted by Crippen LogP contribution is 2.37. The van der Waals surface area contributed by atoms with Gasteiger partial charge in [0.25, 0.3) is 5.56 Å². The van der Waals surface area contributed by atoms with Crippen LogP contribution in [0.2, 0.25) is 0 Å².